The molecule has 1 saturated heterocycles. The third-order valence-corrected chi connectivity index (χ3v) is 6.98. The highest BCUT2D eigenvalue weighted by Crippen LogP contribution is 2.15. The minimum absolute atomic E-state index is 0.0278. The second-order valence-corrected chi connectivity index (χ2v) is 9.22. The Bertz CT molecular complexity index is 912. The van der Waals surface area contributed by atoms with Crippen LogP contribution in [-0.4, -0.2) is 74.7 Å². The van der Waals surface area contributed by atoms with E-state index in [-0.39, 0.29) is 17.3 Å². The van der Waals surface area contributed by atoms with E-state index in [1.54, 1.807) is 4.90 Å². The van der Waals surface area contributed by atoms with E-state index in [2.05, 4.69) is 17.0 Å². The van der Waals surface area contributed by atoms with Crippen LogP contribution >= 0.6 is 0 Å². The molecule has 1 aliphatic rings. The van der Waals surface area contributed by atoms with E-state index in [0.29, 0.717) is 13.1 Å². The van der Waals surface area contributed by atoms with Gasteiger partial charge in [-0.05, 0) is 36.2 Å². The van der Waals surface area contributed by atoms with Gasteiger partial charge in [-0.2, -0.15) is 4.31 Å². The number of nitrogens with zero attached hydrogens (tertiary/aromatic N) is 3. The van der Waals surface area contributed by atoms with Crippen molar-refractivity contribution < 1.29 is 17.6 Å². The van der Waals surface area contributed by atoms with Crippen molar-refractivity contribution in [3.05, 3.63) is 66.0 Å². The van der Waals surface area contributed by atoms with Crippen molar-refractivity contribution in [2.24, 2.45) is 0 Å². The van der Waals surface area contributed by atoms with Crippen molar-refractivity contribution in [1.82, 2.24) is 14.1 Å². The summed E-state index contributed by atoms with van der Waals surface area (Å²) in [5, 5.41) is 0. The Morgan fingerprint density at radius 1 is 1.00 bits per heavy atom. The molecule has 0 atom stereocenters. The molecule has 6 nitrogen and oxygen atoms in total. The highest BCUT2D eigenvalue weighted by molar-refractivity contribution is 7.89. The highest BCUT2D eigenvalue weighted by Gasteiger charge is 2.27. The van der Waals surface area contributed by atoms with Crippen LogP contribution in [0.4, 0.5) is 4.39 Å². The maximum absolute atomic E-state index is 13.0. The molecular formula is C21H26FN3O3S. The van der Waals surface area contributed by atoms with Crippen LogP contribution in [0.1, 0.15) is 5.56 Å². The quantitative estimate of drug-likeness (QED) is 0.687. The lowest BCUT2D eigenvalue weighted by atomic mass is 10.1. The monoisotopic (exact) mass is 419 g/mol. The summed E-state index contributed by atoms with van der Waals surface area (Å²) in [7, 11) is -2.46. The molecule has 1 amide bonds. The molecular weight excluding hydrogens is 393 g/mol. The van der Waals surface area contributed by atoms with Crippen molar-refractivity contribution in [3.8, 4) is 0 Å². The molecule has 0 N–H and O–H groups in total. The van der Waals surface area contributed by atoms with Crippen LogP contribution in [0, 0.1) is 5.82 Å². The highest BCUT2D eigenvalue weighted by atomic mass is 32.2. The number of piperazine rings is 1. The average Bonchev–Trinajstić information content (AvgIpc) is 2.73. The lowest BCUT2D eigenvalue weighted by Crippen LogP contribution is -2.51. The van der Waals surface area contributed by atoms with Gasteiger partial charge in [0.15, 0.2) is 0 Å². The molecule has 1 heterocycles. The summed E-state index contributed by atoms with van der Waals surface area (Å²) < 4.78 is 39.2. The Kier molecular flexibility index (Phi) is 7.00. The Morgan fingerprint density at radius 3 is 2.24 bits per heavy atom. The van der Waals surface area contributed by atoms with E-state index in [4.69, 9.17) is 0 Å². The fourth-order valence-electron chi connectivity index (χ4n) is 3.31. The first kappa shape index (κ1) is 21.4. The molecule has 0 radical (unpaired) electrons. The van der Waals surface area contributed by atoms with Gasteiger partial charge in [0.25, 0.3) is 0 Å². The Labute approximate surface area is 171 Å². The maximum Gasteiger partial charge on any atom is 0.243 e. The molecule has 2 aromatic carbocycles. The zero-order valence-corrected chi connectivity index (χ0v) is 17.3. The molecule has 1 fully saturated rings. The van der Waals surface area contributed by atoms with Crippen LogP contribution in [0.5, 0.6) is 0 Å². The molecule has 0 spiro atoms. The molecule has 0 unspecified atom stereocenters. The van der Waals surface area contributed by atoms with E-state index in [1.807, 2.05) is 18.2 Å². The summed E-state index contributed by atoms with van der Waals surface area (Å²) in [6.45, 7) is 3.41. The standard InChI is InChI=1S/C21H26FN3O3S/c1-23(29(27,28)20-9-7-19(22)8-10-20)17-21(26)25-15-13-24(14-16-25)12-11-18-5-3-2-4-6-18/h2-10H,11-17H2,1H3. The molecule has 0 saturated carbocycles. The van der Waals surface area contributed by atoms with Crippen LogP contribution in [0.15, 0.2) is 59.5 Å². The number of benzene rings is 2. The number of rotatable bonds is 7. The molecule has 1 aliphatic heterocycles. The van der Waals surface area contributed by atoms with E-state index in [0.717, 1.165) is 42.5 Å². The van der Waals surface area contributed by atoms with Gasteiger partial charge >= 0.3 is 0 Å². The third-order valence-electron chi connectivity index (χ3n) is 5.16. The fourth-order valence-corrected chi connectivity index (χ4v) is 4.44. The Balaban J connectivity index is 1.48. The van der Waals surface area contributed by atoms with Gasteiger partial charge in [-0.1, -0.05) is 30.3 Å². The van der Waals surface area contributed by atoms with Gasteiger partial charge in [-0.15, -0.1) is 0 Å². The average molecular weight is 420 g/mol. The van der Waals surface area contributed by atoms with Crippen LogP contribution in [0.3, 0.4) is 0 Å². The van der Waals surface area contributed by atoms with Crippen LogP contribution < -0.4 is 0 Å². The molecule has 156 valence electrons. The van der Waals surface area contributed by atoms with Crippen LogP contribution in [-0.2, 0) is 21.2 Å². The fraction of sp³-hybridized carbons (Fsp3) is 0.381. The van der Waals surface area contributed by atoms with E-state index in [9.17, 15) is 17.6 Å². The first-order valence-corrected chi connectivity index (χ1v) is 11.1. The molecule has 3 rings (SSSR count). The summed E-state index contributed by atoms with van der Waals surface area (Å²) >= 11 is 0. The van der Waals surface area contributed by atoms with Crippen molar-refractivity contribution >= 4 is 15.9 Å². The van der Waals surface area contributed by atoms with E-state index in [1.165, 1.54) is 24.7 Å². The summed E-state index contributed by atoms with van der Waals surface area (Å²) in [5.41, 5.74) is 1.29. The summed E-state index contributed by atoms with van der Waals surface area (Å²) in [5.74, 6) is -0.728. The number of carbonyl (C=O) groups is 1. The van der Waals surface area contributed by atoms with E-state index < -0.39 is 15.8 Å². The minimum Gasteiger partial charge on any atom is -0.339 e. The zero-order valence-electron chi connectivity index (χ0n) is 16.5. The maximum atomic E-state index is 13.0. The van der Waals surface area contributed by atoms with Crippen molar-refractivity contribution in [2.75, 3.05) is 46.3 Å². The number of carbonyl (C=O) groups excluding carboxylic acids is 1. The topological polar surface area (TPSA) is 60.9 Å². The SMILES string of the molecule is CN(CC(=O)N1CCN(CCc2ccccc2)CC1)S(=O)(=O)c1ccc(F)cc1. The van der Waals surface area contributed by atoms with Gasteiger partial charge in [0.2, 0.25) is 15.9 Å². The third kappa shape index (κ3) is 5.62. The van der Waals surface area contributed by atoms with Gasteiger partial charge in [-0.3, -0.25) is 9.69 Å². The normalized spacial score (nSPS) is 15.6. The van der Waals surface area contributed by atoms with Crippen LogP contribution in [0.25, 0.3) is 0 Å². The predicted octanol–water partition coefficient (Wildman–Crippen LogP) is 1.83. The number of hydrogen-bond acceptors (Lipinski definition) is 4. The largest absolute Gasteiger partial charge is 0.339 e. The Morgan fingerprint density at radius 2 is 1.62 bits per heavy atom. The molecule has 0 bridgehead atoms. The molecule has 2 aromatic rings. The van der Waals surface area contributed by atoms with Gasteiger partial charge in [0.1, 0.15) is 5.82 Å². The van der Waals surface area contributed by atoms with E-state index >= 15 is 0 Å². The molecule has 0 aliphatic carbocycles. The van der Waals surface area contributed by atoms with Crippen molar-refractivity contribution in [2.45, 2.75) is 11.3 Å². The molecule has 29 heavy (non-hydrogen) atoms. The molecule has 8 heteroatoms. The van der Waals surface area contributed by atoms with Gasteiger partial charge in [0.05, 0.1) is 11.4 Å². The summed E-state index contributed by atoms with van der Waals surface area (Å²) in [6, 6.07) is 14.9. The lowest BCUT2D eigenvalue weighted by Gasteiger charge is -2.35. The summed E-state index contributed by atoms with van der Waals surface area (Å²) in [4.78, 5) is 16.6. The summed E-state index contributed by atoms with van der Waals surface area (Å²) in [6.07, 6.45) is 0.966. The minimum atomic E-state index is -3.83. The first-order valence-electron chi connectivity index (χ1n) is 9.62. The molecule has 0 aromatic heterocycles. The van der Waals surface area contributed by atoms with Gasteiger partial charge < -0.3 is 4.90 Å². The number of amides is 1. The smallest absolute Gasteiger partial charge is 0.243 e. The second-order valence-electron chi connectivity index (χ2n) is 7.17. The van der Waals surface area contributed by atoms with Crippen LogP contribution in [0.2, 0.25) is 0 Å². The lowest BCUT2D eigenvalue weighted by molar-refractivity contribution is -0.132. The van der Waals surface area contributed by atoms with Crippen molar-refractivity contribution in [1.29, 1.82) is 0 Å². The predicted molar refractivity (Wildman–Crippen MR) is 109 cm³/mol. The first-order chi connectivity index (χ1) is 13.9. The zero-order chi connectivity index (χ0) is 20.9. The second kappa shape index (κ2) is 9.47. The number of likely N-dealkylation sites (N-methyl/N-ethyl adjacent to an activating group) is 1. The van der Waals surface area contributed by atoms with Gasteiger partial charge in [0, 0.05) is 39.8 Å². The number of hydrogen-bond donors (Lipinski definition) is 0. The Hall–Kier alpha value is -2.29. The van der Waals surface area contributed by atoms with Gasteiger partial charge in [-0.25, -0.2) is 12.8 Å². The number of sulfonamides is 1. The van der Waals surface area contributed by atoms with Crippen molar-refractivity contribution in [3.63, 3.8) is 0 Å². The number of halogens is 1.